The second-order valence-corrected chi connectivity index (χ2v) is 6.13. The SMILES string of the molecule is Cc1cccc(NC(N)=NCc2nc(-c3ccccc3)cs2)c1.I. The van der Waals surface area contributed by atoms with E-state index in [0.717, 1.165) is 22.0 Å². The lowest BCUT2D eigenvalue weighted by molar-refractivity contribution is 1.03. The van der Waals surface area contributed by atoms with Crippen molar-refractivity contribution < 1.29 is 0 Å². The van der Waals surface area contributed by atoms with Crippen LogP contribution in [-0.2, 0) is 6.54 Å². The van der Waals surface area contributed by atoms with Gasteiger partial charge in [-0.15, -0.1) is 35.3 Å². The molecule has 0 spiro atoms. The molecule has 0 atom stereocenters. The molecular formula is C18H19IN4S. The standard InChI is InChI=1S/C18H18N4S.HI/c1-13-6-5-9-15(10-13)21-18(19)20-11-17-22-16(12-23-17)14-7-3-2-4-8-14;/h2-10,12H,11H2,1H3,(H3,19,20,21);1H. The maximum atomic E-state index is 5.94. The number of guanidine groups is 1. The van der Waals surface area contributed by atoms with E-state index in [9.17, 15) is 0 Å². The number of thiazole rings is 1. The van der Waals surface area contributed by atoms with Gasteiger partial charge in [-0.3, -0.25) is 0 Å². The Hall–Kier alpha value is -1.93. The van der Waals surface area contributed by atoms with E-state index in [1.54, 1.807) is 11.3 Å². The number of anilines is 1. The van der Waals surface area contributed by atoms with Crippen LogP contribution in [0.1, 0.15) is 10.6 Å². The van der Waals surface area contributed by atoms with Crippen molar-refractivity contribution in [2.45, 2.75) is 13.5 Å². The third-order valence-electron chi connectivity index (χ3n) is 3.30. The Morgan fingerprint density at radius 2 is 1.96 bits per heavy atom. The van der Waals surface area contributed by atoms with Gasteiger partial charge in [-0.2, -0.15) is 0 Å². The summed E-state index contributed by atoms with van der Waals surface area (Å²) in [4.78, 5) is 8.96. The van der Waals surface area contributed by atoms with Crippen LogP contribution in [0.3, 0.4) is 0 Å². The van der Waals surface area contributed by atoms with Crippen molar-refractivity contribution in [1.82, 2.24) is 4.98 Å². The molecule has 0 amide bonds. The summed E-state index contributed by atoms with van der Waals surface area (Å²) in [6.45, 7) is 2.52. The van der Waals surface area contributed by atoms with E-state index in [-0.39, 0.29) is 24.0 Å². The van der Waals surface area contributed by atoms with Crippen molar-refractivity contribution in [2.75, 3.05) is 5.32 Å². The molecule has 0 unspecified atom stereocenters. The molecule has 3 rings (SSSR count). The Morgan fingerprint density at radius 1 is 1.17 bits per heavy atom. The number of rotatable bonds is 4. The molecule has 0 aliphatic rings. The summed E-state index contributed by atoms with van der Waals surface area (Å²) < 4.78 is 0. The van der Waals surface area contributed by atoms with Gasteiger partial charge in [0, 0.05) is 16.6 Å². The normalized spacial score (nSPS) is 11.0. The monoisotopic (exact) mass is 450 g/mol. The Balaban J connectivity index is 0.00000208. The first kappa shape index (κ1) is 18.4. The van der Waals surface area contributed by atoms with E-state index in [1.807, 2.05) is 54.8 Å². The van der Waals surface area contributed by atoms with Crippen LogP contribution >= 0.6 is 35.3 Å². The van der Waals surface area contributed by atoms with Crippen molar-refractivity contribution in [3.63, 3.8) is 0 Å². The van der Waals surface area contributed by atoms with Crippen LogP contribution in [0, 0.1) is 6.92 Å². The Labute approximate surface area is 162 Å². The van der Waals surface area contributed by atoms with E-state index in [0.29, 0.717) is 12.5 Å². The number of aliphatic imine (C=N–C) groups is 1. The maximum absolute atomic E-state index is 5.94. The van der Waals surface area contributed by atoms with Crippen LogP contribution in [0.15, 0.2) is 65.0 Å². The fourth-order valence-electron chi connectivity index (χ4n) is 2.19. The summed E-state index contributed by atoms with van der Waals surface area (Å²) in [5.41, 5.74) is 10.1. The summed E-state index contributed by atoms with van der Waals surface area (Å²) >= 11 is 1.59. The zero-order chi connectivity index (χ0) is 16.1. The van der Waals surface area contributed by atoms with Gasteiger partial charge in [0.05, 0.1) is 12.2 Å². The average Bonchev–Trinajstić information content (AvgIpc) is 3.03. The molecule has 24 heavy (non-hydrogen) atoms. The molecule has 0 aliphatic carbocycles. The molecule has 0 aliphatic heterocycles. The Kier molecular flexibility index (Phi) is 6.74. The minimum Gasteiger partial charge on any atom is -0.370 e. The molecule has 0 radical (unpaired) electrons. The summed E-state index contributed by atoms with van der Waals surface area (Å²) in [6.07, 6.45) is 0. The van der Waals surface area contributed by atoms with E-state index in [2.05, 4.69) is 27.4 Å². The molecule has 3 N–H and O–H groups in total. The number of hydrogen-bond donors (Lipinski definition) is 2. The van der Waals surface area contributed by atoms with Crippen molar-refractivity contribution in [3.05, 3.63) is 70.5 Å². The van der Waals surface area contributed by atoms with Crippen molar-refractivity contribution >= 4 is 47.0 Å². The number of nitrogens with one attached hydrogen (secondary N) is 1. The van der Waals surface area contributed by atoms with Crippen LogP contribution in [0.4, 0.5) is 5.69 Å². The lowest BCUT2D eigenvalue weighted by Gasteiger charge is -2.05. The summed E-state index contributed by atoms with van der Waals surface area (Å²) in [5.74, 6) is 0.395. The number of halogens is 1. The minimum atomic E-state index is 0. The smallest absolute Gasteiger partial charge is 0.193 e. The zero-order valence-corrected chi connectivity index (χ0v) is 16.4. The Morgan fingerprint density at radius 3 is 2.71 bits per heavy atom. The topological polar surface area (TPSA) is 63.3 Å². The third kappa shape index (κ3) is 5.04. The first-order valence-corrected chi connectivity index (χ1v) is 8.22. The first-order valence-electron chi connectivity index (χ1n) is 7.34. The first-order chi connectivity index (χ1) is 11.2. The van der Waals surface area contributed by atoms with Gasteiger partial charge in [0.25, 0.3) is 0 Å². The van der Waals surface area contributed by atoms with Gasteiger partial charge >= 0.3 is 0 Å². The molecule has 3 aromatic rings. The summed E-state index contributed by atoms with van der Waals surface area (Å²) in [5, 5.41) is 6.08. The van der Waals surface area contributed by atoms with Crippen molar-refractivity contribution in [2.24, 2.45) is 10.7 Å². The highest BCUT2D eigenvalue weighted by Gasteiger charge is 2.04. The number of aryl methyl sites for hydroxylation is 1. The fraction of sp³-hybridized carbons (Fsp3) is 0.111. The fourth-order valence-corrected chi connectivity index (χ4v) is 2.91. The van der Waals surface area contributed by atoms with Gasteiger partial charge in [-0.05, 0) is 24.6 Å². The van der Waals surface area contributed by atoms with Crippen LogP contribution in [0.5, 0.6) is 0 Å². The molecule has 0 saturated carbocycles. The molecule has 4 nitrogen and oxygen atoms in total. The Bertz CT molecular complexity index is 815. The highest BCUT2D eigenvalue weighted by atomic mass is 127. The molecule has 1 aromatic heterocycles. The number of nitrogens with zero attached hydrogens (tertiary/aromatic N) is 2. The summed E-state index contributed by atoms with van der Waals surface area (Å²) in [7, 11) is 0. The highest BCUT2D eigenvalue weighted by molar-refractivity contribution is 14.0. The third-order valence-corrected chi connectivity index (χ3v) is 4.13. The van der Waals surface area contributed by atoms with Gasteiger partial charge in [0.1, 0.15) is 5.01 Å². The molecule has 124 valence electrons. The van der Waals surface area contributed by atoms with Gasteiger partial charge in [-0.25, -0.2) is 9.98 Å². The van der Waals surface area contributed by atoms with Gasteiger partial charge in [-0.1, -0.05) is 42.5 Å². The van der Waals surface area contributed by atoms with Crippen LogP contribution in [0.25, 0.3) is 11.3 Å². The van der Waals surface area contributed by atoms with E-state index in [1.165, 1.54) is 5.56 Å². The molecule has 6 heteroatoms. The number of aromatic nitrogens is 1. The average molecular weight is 450 g/mol. The van der Waals surface area contributed by atoms with Crippen molar-refractivity contribution in [3.8, 4) is 11.3 Å². The molecule has 0 saturated heterocycles. The van der Waals surface area contributed by atoms with Crippen molar-refractivity contribution in [1.29, 1.82) is 0 Å². The van der Waals surface area contributed by atoms with E-state index >= 15 is 0 Å². The lowest BCUT2D eigenvalue weighted by atomic mass is 10.2. The number of hydrogen-bond acceptors (Lipinski definition) is 3. The predicted octanol–water partition coefficient (Wildman–Crippen LogP) is 4.66. The molecule has 0 fully saturated rings. The summed E-state index contributed by atoms with van der Waals surface area (Å²) in [6, 6.07) is 18.1. The van der Waals surface area contributed by atoms with Gasteiger partial charge < -0.3 is 11.1 Å². The molecule has 2 aromatic carbocycles. The zero-order valence-electron chi connectivity index (χ0n) is 13.3. The van der Waals surface area contributed by atoms with Gasteiger partial charge in [0.15, 0.2) is 5.96 Å². The number of benzene rings is 2. The largest absolute Gasteiger partial charge is 0.370 e. The van der Waals surface area contributed by atoms with Crippen LogP contribution in [0.2, 0.25) is 0 Å². The highest BCUT2D eigenvalue weighted by Crippen LogP contribution is 2.21. The minimum absolute atomic E-state index is 0. The second-order valence-electron chi connectivity index (χ2n) is 5.19. The quantitative estimate of drug-likeness (QED) is 0.345. The predicted molar refractivity (Wildman–Crippen MR) is 113 cm³/mol. The number of nitrogens with two attached hydrogens (primary N) is 1. The molecule has 1 heterocycles. The second kappa shape index (κ2) is 8.79. The van der Waals surface area contributed by atoms with Gasteiger partial charge in [0.2, 0.25) is 0 Å². The van der Waals surface area contributed by atoms with Crippen LogP contribution in [-0.4, -0.2) is 10.9 Å². The maximum Gasteiger partial charge on any atom is 0.193 e. The van der Waals surface area contributed by atoms with E-state index in [4.69, 9.17) is 5.73 Å². The molecular weight excluding hydrogens is 431 g/mol. The lowest BCUT2D eigenvalue weighted by Crippen LogP contribution is -2.22. The van der Waals surface area contributed by atoms with E-state index < -0.39 is 0 Å². The molecule has 0 bridgehead atoms. The van der Waals surface area contributed by atoms with Crippen LogP contribution < -0.4 is 11.1 Å².